The van der Waals surface area contributed by atoms with Gasteiger partial charge in [-0.15, -0.1) is 0 Å². The molecule has 0 amide bonds. The van der Waals surface area contributed by atoms with Gasteiger partial charge in [0.25, 0.3) is 5.69 Å². The summed E-state index contributed by atoms with van der Waals surface area (Å²) < 4.78 is 32.1. The third-order valence-electron chi connectivity index (χ3n) is 3.11. The minimum Gasteiger partial charge on any atom is -0.378 e. The molecule has 8 nitrogen and oxygen atoms in total. The number of ether oxygens (including phenoxy) is 1. The third-order valence-corrected chi connectivity index (χ3v) is 4.59. The molecule has 1 aliphatic heterocycles. The monoisotopic (exact) mass is 301 g/mol. The molecule has 1 fully saturated rings. The van der Waals surface area contributed by atoms with Crippen molar-refractivity contribution in [1.82, 2.24) is 10.0 Å². The zero-order valence-electron chi connectivity index (χ0n) is 10.8. The smallest absolute Gasteiger partial charge is 0.270 e. The molecular formula is C11H15N3O5S. The van der Waals surface area contributed by atoms with Crippen LogP contribution >= 0.6 is 0 Å². The largest absolute Gasteiger partial charge is 0.378 e. The van der Waals surface area contributed by atoms with Crippen molar-refractivity contribution < 1.29 is 18.1 Å². The van der Waals surface area contributed by atoms with Crippen LogP contribution in [0.5, 0.6) is 0 Å². The van der Waals surface area contributed by atoms with E-state index >= 15 is 0 Å². The van der Waals surface area contributed by atoms with E-state index in [1.807, 2.05) is 0 Å². The zero-order valence-corrected chi connectivity index (χ0v) is 11.6. The number of nitrogens with zero attached hydrogens (tertiary/aromatic N) is 1. The van der Waals surface area contributed by atoms with Gasteiger partial charge in [-0.2, -0.15) is 0 Å². The summed E-state index contributed by atoms with van der Waals surface area (Å²) in [5, 5.41) is 13.7. The fraction of sp³-hybridized carbons (Fsp3) is 0.455. The summed E-state index contributed by atoms with van der Waals surface area (Å²) in [4.78, 5) is 9.92. The lowest BCUT2D eigenvalue weighted by molar-refractivity contribution is -0.385. The summed E-state index contributed by atoms with van der Waals surface area (Å²) >= 11 is 0. The van der Waals surface area contributed by atoms with Gasteiger partial charge in [0, 0.05) is 32.3 Å². The van der Waals surface area contributed by atoms with Gasteiger partial charge in [0.05, 0.1) is 22.0 Å². The van der Waals surface area contributed by atoms with Gasteiger partial charge < -0.3 is 10.1 Å². The predicted molar refractivity (Wildman–Crippen MR) is 70.9 cm³/mol. The summed E-state index contributed by atoms with van der Waals surface area (Å²) in [6, 6.07) is 4.54. The minimum absolute atomic E-state index is 0.131. The van der Waals surface area contributed by atoms with Gasteiger partial charge in [0.1, 0.15) is 0 Å². The Bertz CT molecular complexity index is 604. The van der Waals surface area contributed by atoms with Crippen LogP contribution in [0.15, 0.2) is 29.2 Å². The van der Waals surface area contributed by atoms with Gasteiger partial charge >= 0.3 is 0 Å². The lowest BCUT2D eigenvalue weighted by Crippen LogP contribution is -2.43. The molecule has 0 radical (unpaired) electrons. The van der Waals surface area contributed by atoms with E-state index in [4.69, 9.17) is 4.74 Å². The van der Waals surface area contributed by atoms with Gasteiger partial charge in [0.2, 0.25) is 10.0 Å². The molecule has 0 spiro atoms. The predicted octanol–water partition coefficient (Wildman–Crippen LogP) is -0.140. The van der Waals surface area contributed by atoms with Gasteiger partial charge in [-0.3, -0.25) is 10.1 Å². The number of methoxy groups -OCH3 is 1. The number of benzene rings is 1. The Labute approximate surface area is 116 Å². The van der Waals surface area contributed by atoms with E-state index in [0.29, 0.717) is 13.1 Å². The van der Waals surface area contributed by atoms with E-state index in [0.717, 1.165) is 6.07 Å². The Balaban J connectivity index is 2.22. The molecule has 0 aliphatic carbocycles. The van der Waals surface area contributed by atoms with Crippen molar-refractivity contribution in [2.75, 3.05) is 20.2 Å². The highest BCUT2D eigenvalue weighted by Gasteiger charge is 2.31. The number of nitrogens with one attached hydrogen (secondary N) is 2. The van der Waals surface area contributed by atoms with E-state index in [-0.39, 0.29) is 16.7 Å². The number of hydrogen-bond donors (Lipinski definition) is 2. The number of rotatable bonds is 5. The molecule has 1 heterocycles. The SMILES string of the molecule is CO[C@H]1CNCC1NS(=O)(=O)c1cccc([N+](=O)[O-])c1. The van der Waals surface area contributed by atoms with Crippen LogP contribution in [0.1, 0.15) is 0 Å². The summed E-state index contributed by atoms with van der Waals surface area (Å²) in [5.74, 6) is 0. The van der Waals surface area contributed by atoms with Crippen LogP contribution < -0.4 is 10.0 Å². The Hall–Kier alpha value is -1.55. The van der Waals surface area contributed by atoms with Crippen molar-refractivity contribution in [2.24, 2.45) is 0 Å². The molecule has 110 valence electrons. The van der Waals surface area contributed by atoms with E-state index in [1.54, 1.807) is 0 Å². The zero-order chi connectivity index (χ0) is 14.8. The number of nitro groups is 1. The molecule has 1 saturated heterocycles. The van der Waals surface area contributed by atoms with Crippen molar-refractivity contribution in [3.8, 4) is 0 Å². The Morgan fingerprint density at radius 1 is 1.45 bits per heavy atom. The average Bonchev–Trinajstić information content (AvgIpc) is 2.85. The maximum Gasteiger partial charge on any atom is 0.270 e. The van der Waals surface area contributed by atoms with E-state index < -0.39 is 21.0 Å². The molecule has 1 aliphatic rings. The van der Waals surface area contributed by atoms with Crippen LogP contribution in [-0.4, -0.2) is 45.7 Å². The van der Waals surface area contributed by atoms with E-state index in [1.165, 1.54) is 25.3 Å². The third kappa shape index (κ3) is 3.12. The molecule has 1 unspecified atom stereocenters. The lowest BCUT2D eigenvalue weighted by Gasteiger charge is -2.18. The standard InChI is InChI=1S/C11H15N3O5S/c1-19-11-7-12-6-10(11)13-20(17,18)9-4-2-3-8(5-9)14(15)16/h2-5,10-13H,6-7H2,1H3/t10?,11-/m0/s1. The highest BCUT2D eigenvalue weighted by molar-refractivity contribution is 7.89. The summed E-state index contributed by atoms with van der Waals surface area (Å²) in [6.45, 7) is 1.01. The number of hydrogen-bond acceptors (Lipinski definition) is 6. The first-order valence-corrected chi connectivity index (χ1v) is 7.42. The average molecular weight is 301 g/mol. The highest BCUT2D eigenvalue weighted by Crippen LogP contribution is 2.18. The Morgan fingerprint density at radius 2 is 2.20 bits per heavy atom. The Morgan fingerprint density at radius 3 is 2.85 bits per heavy atom. The van der Waals surface area contributed by atoms with Crippen LogP contribution in [0, 0.1) is 10.1 Å². The minimum atomic E-state index is -3.82. The molecule has 9 heteroatoms. The highest BCUT2D eigenvalue weighted by atomic mass is 32.2. The number of non-ortho nitro benzene ring substituents is 1. The first kappa shape index (κ1) is 14.9. The number of nitro benzene ring substituents is 1. The van der Waals surface area contributed by atoms with E-state index in [2.05, 4.69) is 10.0 Å². The molecule has 2 rings (SSSR count). The molecule has 0 aromatic heterocycles. The fourth-order valence-electron chi connectivity index (χ4n) is 2.05. The van der Waals surface area contributed by atoms with Crippen molar-refractivity contribution in [3.05, 3.63) is 34.4 Å². The molecule has 2 N–H and O–H groups in total. The maximum atomic E-state index is 12.2. The normalized spacial score (nSPS) is 22.9. The summed E-state index contributed by atoms with van der Waals surface area (Å²) in [5.41, 5.74) is -0.263. The van der Waals surface area contributed by atoms with Gasteiger partial charge in [0.15, 0.2) is 0 Å². The maximum absolute atomic E-state index is 12.2. The molecule has 1 aromatic rings. The van der Waals surface area contributed by atoms with Crippen LogP contribution in [-0.2, 0) is 14.8 Å². The second-order valence-corrected chi connectivity index (χ2v) is 6.13. The van der Waals surface area contributed by atoms with Crippen LogP contribution in [0.4, 0.5) is 5.69 Å². The molecule has 0 bridgehead atoms. The second-order valence-electron chi connectivity index (χ2n) is 4.41. The van der Waals surface area contributed by atoms with Gasteiger partial charge in [-0.25, -0.2) is 13.1 Å². The van der Waals surface area contributed by atoms with E-state index in [9.17, 15) is 18.5 Å². The van der Waals surface area contributed by atoms with Crippen LogP contribution in [0.25, 0.3) is 0 Å². The lowest BCUT2D eigenvalue weighted by atomic mass is 10.2. The van der Waals surface area contributed by atoms with Gasteiger partial charge in [-0.05, 0) is 6.07 Å². The first-order chi connectivity index (χ1) is 9.44. The van der Waals surface area contributed by atoms with Crippen molar-refractivity contribution in [3.63, 3.8) is 0 Å². The molecule has 1 aromatic carbocycles. The quantitative estimate of drug-likeness (QED) is 0.578. The van der Waals surface area contributed by atoms with Gasteiger partial charge in [-0.1, -0.05) is 6.07 Å². The van der Waals surface area contributed by atoms with Crippen molar-refractivity contribution in [2.45, 2.75) is 17.0 Å². The molecule has 20 heavy (non-hydrogen) atoms. The molecule has 0 saturated carbocycles. The summed E-state index contributed by atoms with van der Waals surface area (Å²) in [7, 11) is -2.31. The first-order valence-electron chi connectivity index (χ1n) is 5.94. The van der Waals surface area contributed by atoms with Crippen LogP contribution in [0.3, 0.4) is 0 Å². The molecule has 2 atom stereocenters. The van der Waals surface area contributed by atoms with Crippen molar-refractivity contribution >= 4 is 15.7 Å². The Kier molecular flexibility index (Phi) is 4.33. The number of sulfonamides is 1. The molecular weight excluding hydrogens is 286 g/mol. The fourth-order valence-corrected chi connectivity index (χ4v) is 3.35. The topological polar surface area (TPSA) is 111 Å². The van der Waals surface area contributed by atoms with Crippen molar-refractivity contribution in [1.29, 1.82) is 0 Å². The van der Waals surface area contributed by atoms with Crippen LogP contribution in [0.2, 0.25) is 0 Å². The summed E-state index contributed by atoms with van der Waals surface area (Å²) in [6.07, 6.45) is -0.261. The second kappa shape index (κ2) is 5.83.